The Bertz CT molecular complexity index is 1350. The van der Waals surface area contributed by atoms with E-state index in [0.29, 0.717) is 22.9 Å². The summed E-state index contributed by atoms with van der Waals surface area (Å²) in [7, 11) is 1.33. The zero-order valence-corrected chi connectivity index (χ0v) is 23.0. The molecule has 226 valence electrons. The Morgan fingerprint density at radius 3 is 2.64 bits per heavy atom. The normalized spacial score (nSPS) is 35.4. The number of aliphatic hydroxyl groups is 3. The van der Waals surface area contributed by atoms with E-state index < -0.39 is 77.3 Å². The van der Waals surface area contributed by atoms with E-state index in [4.69, 9.17) is 14.2 Å². The van der Waals surface area contributed by atoms with Crippen molar-refractivity contribution in [1.29, 1.82) is 0 Å². The topological polar surface area (TPSA) is 139 Å². The first-order chi connectivity index (χ1) is 20.1. The average Bonchev–Trinajstić information content (AvgIpc) is 3.39. The van der Waals surface area contributed by atoms with Gasteiger partial charge in [-0.3, -0.25) is 4.79 Å². The first-order valence-corrected chi connectivity index (χ1v) is 14.2. The van der Waals surface area contributed by atoms with Crippen LogP contribution in [0.3, 0.4) is 0 Å². The molecule has 4 heterocycles. The van der Waals surface area contributed by atoms with Gasteiger partial charge in [0.15, 0.2) is 17.5 Å². The lowest BCUT2D eigenvalue weighted by Gasteiger charge is -2.61. The summed E-state index contributed by atoms with van der Waals surface area (Å²) in [4.78, 5) is 12.9. The molecule has 6 rings (SSSR count). The lowest BCUT2D eigenvalue weighted by Crippen LogP contribution is -3.30. The number of halogens is 3. The Balaban J connectivity index is 1.17. The van der Waals surface area contributed by atoms with E-state index >= 15 is 0 Å². The van der Waals surface area contributed by atoms with Crippen molar-refractivity contribution < 1.29 is 52.6 Å². The average molecular weight is 611 g/mol. The number of fused-ring (bicyclic) bond motifs is 4. The van der Waals surface area contributed by atoms with Gasteiger partial charge in [-0.25, -0.2) is 18.3 Å². The summed E-state index contributed by atoms with van der Waals surface area (Å²) in [5.74, 6) is -5.79. The second kappa shape index (κ2) is 11.3. The lowest BCUT2D eigenvalue weighted by atomic mass is 9.96. The van der Waals surface area contributed by atoms with Gasteiger partial charge in [-0.15, -0.1) is 11.8 Å². The second-order valence-corrected chi connectivity index (χ2v) is 11.8. The van der Waals surface area contributed by atoms with Crippen molar-refractivity contribution in [2.45, 2.75) is 53.4 Å². The second-order valence-electron chi connectivity index (χ2n) is 10.4. The molecule has 0 aromatic heterocycles. The number of aliphatic hydroxyl groups excluding tert-OH is 2. The maximum atomic E-state index is 13.7. The molecule has 3 fully saturated rings. The summed E-state index contributed by atoms with van der Waals surface area (Å²) >= 11 is 1.24. The van der Waals surface area contributed by atoms with Crippen LogP contribution in [0.2, 0.25) is 0 Å². The first-order valence-electron chi connectivity index (χ1n) is 13.2. The maximum Gasteiger partial charge on any atom is 0.265 e. The molecule has 1 amide bonds. The summed E-state index contributed by atoms with van der Waals surface area (Å²) in [5, 5.41) is 36.8. The number of carbonyl (C=O) groups excluding carboxylic acids is 1. The molecule has 9 atom stereocenters. The molecule has 0 aliphatic carbocycles. The fraction of sp³-hybridized carbons (Fsp3) is 0.444. The van der Waals surface area contributed by atoms with Crippen LogP contribution in [0, 0.1) is 17.5 Å². The lowest BCUT2D eigenvalue weighted by molar-refractivity contribution is -1.09. The largest absolute Gasteiger partial charge is 0.458 e. The van der Waals surface area contributed by atoms with Gasteiger partial charge in [-0.1, -0.05) is 36.0 Å². The molecule has 4 aliphatic heterocycles. The molecule has 15 heteroatoms. The molecule has 0 bridgehead atoms. The SMILES string of the molecule is COC1C(SC2COC3[NH+]4[N-]C(c5ccccc5)=CN4C3(O)C2)OC(CO)C(O)C1NC(=O)c1cc(F)c(F)c(F)c1. The number of quaternary nitrogens is 1. The third-order valence-corrected chi connectivity index (χ3v) is 9.19. The molecule has 0 radical (unpaired) electrons. The van der Waals surface area contributed by atoms with Crippen molar-refractivity contribution in [3.05, 3.63) is 82.7 Å². The van der Waals surface area contributed by atoms with Gasteiger partial charge in [-0.2, -0.15) is 5.01 Å². The molecule has 0 spiro atoms. The number of nitrogens with one attached hydrogen (secondary N) is 2. The maximum absolute atomic E-state index is 13.7. The minimum Gasteiger partial charge on any atom is -0.458 e. The summed E-state index contributed by atoms with van der Waals surface area (Å²) in [6.45, 7) is -0.381. The van der Waals surface area contributed by atoms with Crippen molar-refractivity contribution >= 4 is 23.4 Å². The van der Waals surface area contributed by atoms with Gasteiger partial charge >= 0.3 is 0 Å². The van der Waals surface area contributed by atoms with Crippen LogP contribution in [0.15, 0.2) is 48.7 Å². The number of nitrogens with zero attached hydrogens (tertiary/aromatic N) is 2. The van der Waals surface area contributed by atoms with Crippen LogP contribution in [-0.4, -0.2) is 93.6 Å². The van der Waals surface area contributed by atoms with Gasteiger partial charge in [0.1, 0.15) is 23.7 Å². The Labute approximate surface area is 242 Å². The molecule has 0 saturated carbocycles. The van der Waals surface area contributed by atoms with Gasteiger partial charge in [0.05, 0.1) is 19.3 Å². The highest BCUT2D eigenvalue weighted by Crippen LogP contribution is 2.43. The molecular formula is C27H29F3N4O7S. The van der Waals surface area contributed by atoms with Crippen LogP contribution in [0.25, 0.3) is 11.1 Å². The van der Waals surface area contributed by atoms with E-state index in [1.807, 2.05) is 30.3 Å². The molecule has 4 aliphatic rings. The number of hydrogen-bond donors (Lipinski definition) is 5. The van der Waals surface area contributed by atoms with Crippen LogP contribution >= 0.6 is 11.8 Å². The number of rotatable bonds is 7. The van der Waals surface area contributed by atoms with Crippen LogP contribution in [0.1, 0.15) is 22.3 Å². The predicted molar refractivity (Wildman–Crippen MR) is 141 cm³/mol. The van der Waals surface area contributed by atoms with Crippen molar-refractivity contribution in [2.75, 3.05) is 20.3 Å². The number of hydrogen-bond acceptors (Lipinski definition) is 9. The molecule has 2 aromatic rings. The Morgan fingerprint density at radius 2 is 1.98 bits per heavy atom. The standard InChI is InChI=1S/C27H29F3N4O7S/c1-39-23-21(31-24(37)14-7-16(28)20(30)17(29)8-14)22(36)19(11-35)41-25(23)42-15-9-27(38)26(40-12-15)34-32-18(10-33(27)34)13-5-3-2-4-6-13/h2-8,10,15,19,21-23,25-26,34-36,38H,9,11-12H2,1H3,(H,31,37). The van der Waals surface area contributed by atoms with Gasteiger partial charge in [-0.05, 0) is 17.7 Å². The van der Waals surface area contributed by atoms with E-state index in [-0.39, 0.29) is 18.3 Å². The van der Waals surface area contributed by atoms with Crippen LogP contribution in [-0.2, 0) is 14.2 Å². The van der Waals surface area contributed by atoms with E-state index in [1.54, 1.807) is 11.2 Å². The zero-order chi connectivity index (χ0) is 29.8. The number of benzene rings is 2. The van der Waals surface area contributed by atoms with Crippen LogP contribution < -0.4 is 10.4 Å². The molecular weight excluding hydrogens is 581 g/mol. The van der Waals surface area contributed by atoms with Crippen molar-refractivity contribution in [3.63, 3.8) is 0 Å². The smallest absolute Gasteiger partial charge is 0.265 e. The Kier molecular flexibility index (Phi) is 7.86. The predicted octanol–water partition coefficient (Wildman–Crippen LogP) is 0.249. The summed E-state index contributed by atoms with van der Waals surface area (Å²) in [6.07, 6.45) is -2.17. The van der Waals surface area contributed by atoms with Gasteiger partial charge < -0.3 is 40.3 Å². The molecule has 3 saturated heterocycles. The monoisotopic (exact) mass is 610 g/mol. The number of ether oxygens (including phenoxy) is 3. The Hall–Kier alpha value is -2.89. The molecule has 5 N–H and O–H groups in total. The van der Waals surface area contributed by atoms with E-state index in [0.717, 1.165) is 5.56 Å². The quantitative estimate of drug-likeness (QED) is 0.279. The number of amides is 1. The van der Waals surface area contributed by atoms with E-state index in [9.17, 15) is 33.3 Å². The third-order valence-electron chi connectivity index (χ3n) is 7.85. The van der Waals surface area contributed by atoms with Crippen molar-refractivity contribution in [2.24, 2.45) is 0 Å². The van der Waals surface area contributed by atoms with Crippen LogP contribution in [0.4, 0.5) is 13.2 Å². The molecule has 9 unspecified atom stereocenters. The van der Waals surface area contributed by atoms with Crippen molar-refractivity contribution in [1.82, 2.24) is 10.3 Å². The van der Waals surface area contributed by atoms with Crippen molar-refractivity contribution in [3.8, 4) is 0 Å². The highest BCUT2D eigenvalue weighted by molar-refractivity contribution is 8.00. The van der Waals surface area contributed by atoms with E-state index in [1.165, 1.54) is 18.9 Å². The first kappa shape index (κ1) is 29.2. The fourth-order valence-corrected chi connectivity index (χ4v) is 7.24. The highest BCUT2D eigenvalue weighted by atomic mass is 32.2. The minimum atomic E-state index is -1.71. The zero-order valence-electron chi connectivity index (χ0n) is 22.2. The highest BCUT2D eigenvalue weighted by Gasteiger charge is 2.66. The molecule has 11 nitrogen and oxygen atoms in total. The third kappa shape index (κ3) is 4.93. The van der Waals surface area contributed by atoms with E-state index in [2.05, 4.69) is 10.7 Å². The Morgan fingerprint density at radius 1 is 1.26 bits per heavy atom. The summed E-state index contributed by atoms with van der Waals surface area (Å²) < 4.78 is 58.4. The molecule has 2 aromatic carbocycles. The molecule has 42 heavy (non-hydrogen) atoms. The van der Waals surface area contributed by atoms with Gasteiger partial charge in [0, 0.05) is 30.5 Å². The van der Waals surface area contributed by atoms with Gasteiger partial charge in [0.2, 0.25) is 0 Å². The number of thioether (sulfide) groups is 1. The van der Waals surface area contributed by atoms with Crippen LogP contribution in [0.5, 0.6) is 0 Å². The summed E-state index contributed by atoms with van der Waals surface area (Å²) in [5.41, 5.74) is 3.51. The summed E-state index contributed by atoms with van der Waals surface area (Å²) in [6, 6.07) is 9.44. The number of carbonyl (C=O) groups is 1. The van der Waals surface area contributed by atoms with Gasteiger partial charge in [0.25, 0.3) is 17.9 Å². The fourth-order valence-electron chi connectivity index (χ4n) is 5.72. The minimum absolute atomic E-state index is 0.221. The number of methoxy groups -OCH3 is 1.